The fraction of sp³-hybridized carbons (Fsp3) is 0.722. The van der Waals surface area contributed by atoms with Crippen LogP contribution >= 0.6 is 23.1 Å². The number of hydrogen-bond donors (Lipinski definition) is 1. The van der Waals surface area contributed by atoms with Crippen LogP contribution in [0.5, 0.6) is 0 Å². The van der Waals surface area contributed by atoms with E-state index in [2.05, 4.69) is 40.3 Å². The number of hydrogen-bond acceptors (Lipinski definition) is 4. The summed E-state index contributed by atoms with van der Waals surface area (Å²) in [5, 5.41) is 5.31. The number of amides is 2. The fourth-order valence-corrected chi connectivity index (χ4v) is 5.54. The molecule has 2 aliphatic rings. The normalized spacial score (nSPS) is 22.2. The lowest BCUT2D eigenvalue weighted by molar-refractivity contribution is 0.132. The molecule has 4 nitrogen and oxygen atoms in total. The molecular formula is C18H29N3OS2. The molecule has 1 N–H and O–H groups in total. The third-order valence-electron chi connectivity index (χ3n) is 5.42. The molecule has 0 spiro atoms. The van der Waals surface area contributed by atoms with E-state index in [1.807, 2.05) is 18.0 Å². The predicted molar refractivity (Wildman–Crippen MR) is 104 cm³/mol. The summed E-state index contributed by atoms with van der Waals surface area (Å²) in [4.78, 5) is 18.3. The Kier molecular flexibility index (Phi) is 6.47. The maximum Gasteiger partial charge on any atom is 0.317 e. The lowest BCUT2D eigenvalue weighted by atomic mass is 10.0. The Balaban J connectivity index is 1.44. The van der Waals surface area contributed by atoms with Crippen molar-refractivity contribution < 1.29 is 4.79 Å². The largest absolute Gasteiger partial charge is 0.335 e. The highest BCUT2D eigenvalue weighted by atomic mass is 32.2. The molecule has 0 bridgehead atoms. The van der Waals surface area contributed by atoms with Gasteiger partial charge in [0.15, 0.2) is 0 Å². The molecular weight excluding hydrogens is 338 g/mol. The summed E-state index contributed by atoms with van der Waals surface area (Å²) in [6.07, 6.45) is 4.83. The Morgan fingerprint density at radius 1 is 1.29 bits per heavy atom. The van der Waals surface area contributed by atoms with Crippen molar-refractivity contribution in [3.05, 3.63) is 22.4 Å². The van der Waals surface area contributed by atoms with Crippen LogP contribution in [0.2, 0.25) is 0 Å². The number of thiophene rings is 1. The Bertz CT molecular complexity index is 508. The number of carbonyl (C=O) groups is 1. The standard InChI is InChI=1S/C18H29N3OS2/c1-14(17-4-3-11-24-17)20(2)18(22)19-15-5-9-21(10-6-15)16-7-12-23-13-8-16/h3-4,11,14-16H,5-10,12-13H2,1-2H3,(H,19,22). The SMILES string of the molecule is CC(c1cccs1)N(C)C(=O)NC1CCN(C2CCSCC2)CC1. The first-order valence-electron chi connectivity index (χ1n) is 9.03. The second-order valence-electron chi connectivity index (χ2n) is 6.91. The quantitative estimate of drug-likeness (QED) is 0.879. The van der Waals surface area contributed by atoms with Crippen molar-refractivity contribution in [2.45, 2.75) is 50.7 Å². The van der Waals surface area contributed by atoms with E-state index in [0.717, 1.165) is 32.0 Å². The van der Waals surface area contributed by atoms with Gasteiger partial charge in [0.05, 0.1) is 6.04 Å². The summed E-state index contributed by atoms with van der Waals surface area (Å²) < 4.78 is 0. The van der Waals surface area contributed by atoms with Crippen molar-refractivity contribution in [3.63, 3.8) is 0 Å². The van der Waals surface area contributed by atoms with Gasteiger partial charge in [0, 0.05) is 37.1 Å². The molecule has 6 heteroatoms. The van der Waals surface area contributed by atoms with Crippen molar-refractivity contribution >= 4 is 29.1 Å². The number of piperidine rings is 1. The maximum atomic E-state index is 12.5. The minimum absolute atomic E-state index is 0.0587. The van der Waals surface area contributed by atoms with Gasteiger partial charge >= 0.3 is 6.03 Å². The zero-order chi connectivity index (χ0) is 16.9. The predicted octanol–water partition coefficient (Wildman–Crippen LogP) is 3.81. The summed E-state index contributed by atoms with van der Waals surface area (Å²) in [5.74, 6) is 2.62. The first kappa shape index (κ1) is 18.1. The highest BCUT2D eigenvalue weighted by Crippen LogP contribution is 2.26. The van der Waals surface area contributed by atoms with Gasteiger partial charge in [0.2, 0.25) is 0 Å². The number of nitrogens with zero attached hydrogens (tertiary/aromatic N) is 2. The average Bonchev–Trinajstić information content (AvgIpc) is 3.16. The summed E-state index contributed by atoms with van der Waals surface area (Å²) in [7, 11) is 1.90. The Labute approximate surface area is 154 Å². The number of nitrogens with one attached hydrogen (secondary N) is 1. The van der Waals surface area contributed by atoms with E-state index in [4.69, 9.17) is 0 Å². The van der Waals surface area contributed by atoms with Crippen molar-refractivity contribution in [2.75, 3.05) is 31.6 Å². The van der Waals surface area contributed by atoms with E-state index in [0.29, 0.717) is 6.04 Å². The zero-order valence-electron chi connectivity index (χ0n) is 14.7. The van der Waals surface area contributed by atoms with E-state index in [-0.39, 0.29) is 12.1 Å². The highest BCUT2D eigenvalue weighted by Gasteiger charge is 2.28. The van der Waals surface area contributed by atoms with Gasteiger partial charge in [-0.05, 0) is 55.6 Å². The van der Waals surface area contributed by atoms with Crippen LogP contribution in [0.4, 0.5) is 4.79 Å². The van der Waals surface area contributed by atoms with Crippen LogP contribution in [0.3, 0.4) is 0 Å². The molecule has 1 unspecified atom stereocenters. The molecule has 3 heterocycles. The molecule has 3 rings (SSSR count). The van der Waals surface area contributed by atoms with E-state index in [1.165, 1.54) is 29.2 Å². The number of carbonyl (C=O) groups excluding carboxylic acids is 1. The summed E-state index contributed by atoms with van der Waals surface area (Å²) in [6.45, 7) is 4.35. The van der Waals surface area contributed by atoms with Crippen LogP contribution in [0.25, 0.3) is 0 Å². The van der Waals surface area contributed by atoms with Crippen LogP contribution in [0, 0.1) is 0 Å². The number of thioether (sulfide) groups is 1. The molecule has 2 fully saturated rings. The van der Waals surface area contributed by atoms with Gasteiger partial charge in [-0.2, -0.15) is 11.8 Å². The number of likely N-dealkylation sites (tertiary alicyclic amines) is 1. The van der Waals surface area contributed by atoms with Crippen LogP contribution in [-0.4, -0.2) is 59.6 Å². The number of urea groups is 1. The first-order valence-corrected chi connectivity index (χ1v) is 11.1. The Morgan fingerprint density at radius 3 is 2.62 bits per heavy atom. The molecule has 0 radical (unpaired) electrons. The third-order valence-corrected chi connectivity index (χ3v) is 7.51. The van der Waals surface area contributed by atoms with Gasteiger partial charge in [0.1, 0.15) is 0 Å². The highest BCUT2D eigenvalue weighted by molar-refractivity contribution is 7.99. The van der Waals surface area contributed by atoms with Gasteiger partial charge in [0.25, 0.3) is 0 Å². The smallest absolute Gasteiger partial charge is 0.317 e. The monoisotopic (exact) mass is 367 g/mol. The van der Waals surface area contributed by atoms with Crippen LogP contribution in [0.15, 0.2) is 17.5 Å². The van der Waals surface area contributed by atoms with Gasteiger partial charge in [-0.15, -0.1) is 11.3 Å². The van der Waals surface area contributed by atoms with Crippen molar-refractivity contribution in [2.24, 2.45) is 0 Å². The van der Waals surface area contributed by atoms with Crippen molar-refractivity contribution in [1.29, 1.82) is 0 Å². The molecule has 1 aromatic rings. The lowest BCUT2D eigenvalue weighted by Crippen LogP contribution is -2.51. The minimum Gasteiger partial charge on any atom is -0.335 e. The van der Waals surface area contributed by atoms with E-state index in [9.17, 15) is 4.79 Å². The molecule has 2 amide bonds. The van der Waals surface area contributed by atoms with E-state index in [1.54, 1.807) is 11.3 Å². The van der Waals surface area contributed by atoms with Gasteiger partial charge in [-0.1, -0.05) is 6.07 Å². The topological polar surface area (TPSA) is 35.6 Å². The molecule has 2 aliphatic heterocycles. The molecule has 2 saturated heterocycles. The molecule has 0 aromatic carbocycles. The fourth-order valence-electron chi connectivity index (χ4n) is 3.63. The summed E-state index contributed by atoms with van der Waals surface area (Å²) >= 11 is 3.80. The Morgan fingerprint density at radius 2 is 2.00 bits per heavy atom. The number of rotatable bonds is 4. The summed E-state index contributed by atoms with van der Waals surface area (Å²) in [6, 6.07) is 5.43. The second kappa shape index (κ2) is 8.59. The zero-order valence-corrected chi connectivity index (χ0v) is 16.4. The lowest BCUT2D eigenvalue weighted by Gasteiger charge is -2.39. The molecule has 134 valence electrons. The maximum absolute atomic E-state index is 12.5. The third kappa shape index (κ3) is 4.46. The van der Waals surface area contributed by atoms with E-state index >= 15 is 0 Å². The second-order valence-corrected chi connectivity index (χ2v) is 9.11. The van der Waals surface area contributed by atoms with Gasteiger partial charge < -0.3 is 15.1 Å². The molecule has 1 atom stereocenters. The molecule has 0 saturated carbocycles. The Hall–Kier alpha value is -0.720. The van der Waals surface area contributed by atoms with Crippen molar-refractivity contribution in [1.82, 2.24) is 15.1 Å². The first-order chi connectivity index (χ1) is 11.6. The molecule has 24 heavy (non-hydrogen) atoms. The van der Waals surface area contributed by atoms with Crippen LogP contribution < -0.4 is 5.32 Å². The van der Waals surface area contributed by atoms with Crippen LogP contribution in [-0.2, 0) is 0 Å². The minimum atomic E-state index is 0.0587. The molecule has 1 aromatic heterocycles. The van der Waals surface area contributed by atoms with Crippen LogP contribution in [0.1, 0.15) is 43.5 Å². The van der Waals surface area contributed by atoms with Crippen molar-refractivity contribution in [3.8, 4) is 0 Å². The van der Waals surface area contributed by atoms with E-state index < -0.39 is 0 Å². The van der Waals surface area contributed by atoms with Gasteiger partial charge in [-0.25, -0.2) is 4.79 Å². The summed E-state index contributed by atoms with van der Waals surface area (Å²) in [5.41, 5.74) is 0. The average molecular weight is 368 g/mol. The molecule has 0 aliphatic carbocycles. The van der Waals surface area contributed by atoms with Gasteiger partial charge in [-0.3, -0.25) is 0 Å².